The molecule has 0 unspecified atom stereocenters. The Hall–Kier alpha value is -1.86. The Kier molecular flexibility index (Phi) is 5.77. The molecule has 1 aliphatic heterocycles. The van der Waals surface area contributed by atoms with E-state index in [2.05, 4.69) is 10.2 Å². The number of non-ortho nitro benzene ring substituents is 1. The van der Waals surface area contributed by atoms with E-state index >= 15 is 0 Å². The molecule has 0 atom stereocenters. The van der Waals surface area contributed by atoms with E-state index in [1.54, 1.807) is 6.07 Å². The molecular formula is C14H21N3O4. The number of anilines is 1. The Bertz CT molecular complexity index is 475. The second kappa shape index (κ2) is 7.80. The SMILES string of the molecule is COc1cc(NCCCN2CCOCC2)cc([N+](=O)[O-])c1. The van der Waals surface area contributed by atoms with Crippen LogP contribution in [-0.2, 0) is 4.74 Å². The third-order valence-corrected chi connectivity index (χ3v) is 3.42. The number of benzene rings is 1. The van der Waals surface area contributed by atoms with Gasteiger partial charge in [-0.15, -0.1) is 0 Å². The zero-order valence-corrected chi connectivity index (χ0v) is 12.2. The van der Waals surface area contributed by atoms with Crippen molar-refractivity contribution in [3.8, 4) is 5.75 Å². The van der Waals surface area contributed by atoms with E-state index in [4.69, 9.17) is 9.47 Å². The summed E-state index contributed by atoms with van der Waals surface area (Å²) in [5, 5.41) is 14.1. The summed E-state index contributed by atoms with van der Waals surface area (Å²) >= 11 is 0. The molecule has 0 radical (unpaired) electrons. The molecule has 7 heteroatoms. The first kappa shape index (κ1) is 15.5. The maximum absolute atomic E-state index is 10.9. The lowest BCUT2D eigenvalue weighted by molar-refractivity contribution is -0.384. The van der Waals surface area contributed by atoms with Gasteiger partial charge in [0.2, 0.25) is 0 Å². The first-order chi connectivity index (χ1) is 10.2. The molecule has 1 aliphatic rings. The molecule has 0 saturated carbocycles. The van der Waals surface area contributed by atoms with Crippen molar-refractivity contribution >= 4 is 11.4 Å². The number of nitro benzene ring substituents is 1. The maximum atomic E-state index is 10.9. The fourth-order valence-corrected chi connectivity index (χ4v) is 2.27. The van der Waals surface area contributed by atoms with Crippen molar-refractivity contribution in [1.82, 2.24) is 4.90 Å². The van der Waals surface area contributed by atoms with Gasteiger partial charge < -0.3 is 14.8 Å². The number of nitro groups is 1. The number of ether oxygens (including phenoxy) is 2. The van der Waals surface area contributed by atoms with E-state index in [0.29, 0.717) is 11.4 Å². The molecule has 0 bridgehead atoms. The molecule has 1 N–H and O–H groups in total. The third-order valence-electron chi connectivity index (χ3n) is 3.42. The van der Waals surface area contributed by atoms with Gasteiger partial charge in [-0.2, -0.15) is 0 Å². The standard InChI is InChI=1S/C14H21N3O4/c1-20-14-10-12(9-13(11-14)17(18)19)15-3-2-4-16-5-7-21-8-6-16/h9-11,15H,2-8H2,1H3. The Morgan fingerprint density at radius 3 is 2.81 bits per heavy atom. The molecule has 1 fully saturated rings. The smallest absolute Gasteiger partial charge is 0.275 e. The van der Waals surface area contributed by atoms with Crippen molar-refractivity contribution in [2.24, 2.45) is 0 Å². The van der Waals surface area contributed by atoms with Crippen molar-refractivity contribution in [1.29, 1.82) is 0 Å². The molecule has 7 nitrogen and oxygen atoms in total. The first-order valence-corrected chi connectivity index (χ1v) is 7.06. The second-order valence-electron chi connectivity index (χ2n) is 4.91. The molecule has 1 aromatic carbocycles. The lowest BCUT2D eigenvalue weighted by Crippen LogP contribution is -2.37. The summed E-state index contributed by atoms with van der Waals surface area (Å²) < 4.78 is 10.4. The minimum Gasteiger partial charge on any atom is -0.496 e. The highest BCUT2D eigenvalue weighted by Crippen LogP contribution is 2.25. The second-order valence-corrected chi connectivity index (χ2v) is 4.91. The van der Waals surface area contributed by atoms with Crippen LogP contribution < -0.4 is 10.1 Å². The third kappa shape index (κ3) is 4.87. The topological polar surface area (TPSA) is 76.9 Å². The van der Waals surface area contributed by atoms with Crippen LogP contribution in [0.15, 0.2) is 18.2 Å². The number of rotatable bonds is 7. The highest BCUT2D eigenvalue weighted by Gasteiger charge is 2.11. The van der Waals surface area contributed by atoms with Gasteiger partial charge in [-0.1, -0.05) is 0 Å². The van der Waals surface area contributed by atoms with E-state index in [1.807, 2.05) is 0 Å². The molecule has 0 amide bonds. The lowest BCUT2D eigenvalue weighted by atomic mass is 10.2. The predicted molar refractivity (Wildman–Crippen MR) is 80.0 cm³/mol. The Morgan fingerprint density at radius 2 is 2.14 bits per heavy atom. The van der Waals surface area contributed by atoms with Crippen LogP contribution in [0.4, 0.5) is 11.4 Å². The van der Waals surface area contributed by atoms with E-state index in [1.165, 1.54) is 19.2 Å². The van der Waals surface area contributed by atoms with Gasteiger partial charge >= 0.3 is 0 Å². The number of hydrogen-bond donors (Lipinski definition) is 1. The van der Waals surface area contributed by atoms with Crippen LogP contribution in [-0.4, -0.2) is 56.3 Å². The monoisotopic (exact) mass is 295 g/mol. The molecule has 21 heavy (non-hydrogen) atoms. The summed E-state index contributed by atoms with van der Waals surface area (Å²) in [5.41, 5.74) is 0.744. The Balaban J connectivity index is 1.81. The molecule has 0 aliphatic carbocycles. The first-order valence-electron chi connectivity index (χ1n) is 7.06. The van der Waals surface area contributed by atoms with Gasteiger partial charge in [0.1, 0.15) is 5.75 Å². The molecule has 0 spiro atoms. The lowest BCUT2D eigenvalue weighted by Gasteiger charge is -2.26. The van der Waals surface area contributed by atoms with Crippen LogP contribution in [0.1, 0.15) is 6.42 Å². The van der Waals surface area contributed by atoms with Gasteiger partial charge in [0, 0.05) is 37.5 Å². The molecule has 116 valence electrons. The molecule has 2 rings (SSSR count). The highest BCUT2D eigenvalue weighted by molar-refractivity contribution is 5.56. The summed E-state index contributed by atoms with van der Waals surface area (Å²) in [7, 11) is 1.50. The number of morpholine rings is 1. The number of hydrogen-bond acceptors (Lipinski definition) is 6. The fourth-order valence-electron chi connectivity index (χ4n) is 2.27. The van der Waals surface area contributed by atoms with E-state index in [0.717, 1.165) is 45.8 Å². The van der Waals surface area contributed by atoms with Gasteiger partial charge in [0.25, 0.3) is 5.69 Å². The number of nitrogens with one attached hydrogen (secondary N) is 1. The highest BCUT2D eigenvalue weighted by atomic mass is 16.6. The molecular weight excluding hydrogens is 274 g/mol. The van der Waals surface area contributed by atoms with E-state index in [9.17, 15) is 10.1 Å². The summed E-state index contributed by atoms with van der Waals surface area (Å²) in [6.07, 6.45) is 0.977. The van der Waals surface area contributed by atoms with Crippen molar-refractivity contribution < 1.29 is 14.4 Å². The summed E-state index contributed by atoms with van der Waals surface area (Å²) in [6.45, 7) is 5.32. The molecule has 1 aromatic rings. The van der Waals surface area contributed by atoms with Crippen LogP contribution in [0.3, 0.4) is 0 Å². The van der Waals surface area contributed by atoms with Crippen molar-refractivity contribution in [2.45, 2.75) is 6.42 Å². The average Bonchev–Trinajstić information content (AvgIpc) is 2.52. The van der Waals surface area contributed by atoms with Crippen LogP contribution >= 0.6 is 0 Å². The van der Waals surface area contributed by atoms with Crippen LogP contribution in [0.25, 0.3) is 0 Å². The van der Waals surface area contributed by atoms with Gasteiger partial charge in [-0.3, -0.25) is 15.0 Å². The van der Waals surface area contributed by atoms with E-state index in [-0.39, 0.29) is 5.69 Å². The fraction of sp³-hybridized carbons (Fsp3) is 0.571. The van der Waals surface area contributed by atoms with Gasteiger partial charge in [0.15, 0.2) is 0 Å². The number of methoxy groups -OCH3 is 1. The van der Waals surface area contributed by atoms with Crippen molar-refractivity contribution in [3.05, 3.63) is 28.3 Å². The zero-order valence-electron chi connectivity index (χ0n) is 12.2. The Labute approximate surface area is 124 Å². The van der Waals surface area contributed by atoms with Crippen LogP contribution in [0.2, 0.25) is 0 Å². The molecule has 0 aromatic heterocycles. The summed E-state index contributed by atoms with van der Waals surface area (Å²) in [5.74, 6) is 0.486. The summed E-state index contributed by atoms with van der Waals surface area (Å²) in [6, 6.07) is 4.71. The average molecular weight is 295 g/mol. The number of nitrogens with zero attached hydrogens (tertiary/aromatic N) is 2. The van der Waals surface area contributed by atoms with Crippen molar-refractivity contribution in [2.75, 3.05) is 51.8 Å². The maximum Gasteiger partial charge on any atom is 0.275 e. The van der Waals surface area contributed by atoms with Gasteiger partial charge in [-0.05, 0) is 13.0 Å². The van der Waals surface area contributed by atoms with Gasteiger partial charge in [-0.25, -0.2) is 0 Å². The van der Waals surface area contributed by atoms with E-state index < -0.39 is 4.92 Å². The minimum atomic E-state index is -0.415. The minimum absolute atomic E-state index is 0.0324. The van der Waals surface area contributed by atoms with Crippen LogP contribution in [0.5, 0.6) is 5.75 Å². The molecule has 1 heterocycles. The Morgan fingerprint density at radius 1 is 1.38 bits per heavy atom. The zero-order chi connectivity index (χ0) is 15.1. The predicted octanol–water partition coefficient (Wildman–Crippen LogP) is 1.74. The summed E-state index contributed by atoms with van der Waals surface area (Å²) in [4.78, 5) is 12.8. The normalized spacial score (nSPS) is 15.7. The largest absolute Gasteiger partial charge is 0.496 e. The van der Waals surface area contributed by atoms with Crippen LogP contribution in [0, 0.1) is 10.1 Å². The molecule has 1 saturated heterocycles. The van der Waals surface area contributed by atoms with Gasteiger partial charge in [0.05, 0.1) is 31.3 Å². The van der Waals surface area contributed by atoms with Crippen molar-refractivity contribution in [3.63, 3.8) is 0 Å². The quantitative estimate of drug-likeness (QED) is 0.469.